The molecule has 0 saturated carbocycles. The summed E-state index contributed by atoms with van der Waals surface area (Å²) in [6, 6.07) is 10.6. The van der Waals surface area contributed by atoms with E-state index >= 15 is 0 Å². The first kappa shape index (κ1) is 28.1. The van der Waals surface area contributed by atoms with E-state index in [0.29, 0.717) is 29.9 Å². The number of fused-ring (bicyclic) bond motifs is 1. The van der Waals surface area contributed by atoms with Crippen LogP contribution in [0.5, 0.6) is 11.5 Å². The molecule has 2 aromatic rings. The molecular weight excluding hydrogens is 524 g/mol. The van der Waals surface area contributed by atoms with Gasteiger partial charge in [0.05, 0.1) is 23.0 Å². The Morgan fingerprint density at radius 1 is 1.15 bits per heavy atom. The van der Waals surface area contributed by atoms with Crippen LogP contribution < -0.4 is 20.1 Å². The van der Waals surface area contributed by atoms with Crippen LogP contribution in [0.25, 0.3) is 0 Å². The quantitative estimate of drug-likeness (QED) is 0.502. The zero-order valence-corrected chi connectivity index (χ0v) is 22.5. The molecule has 1 unspecified atom stereocenters. The van der Waals surface area contributed by atoms with E-state index in [9.17, 15) is 28.1 Å². The van der Waals surface area contributed by atoms with Gasteiger partial charge in [-0.3, -0.25) is 14.4 Å². The summed E-state index contributed by atoms with van der Waals surface area (Å²) in [6.07, 6.45) is 0.887. The zero-order valence-electron chi connectivity index (χ0n) is 21.7. The molecule has 0 aliphatic carbocycles. The van der Waals surface area contributed by atoms with Crippen LogP contribution in [0.2, 0.25) is 0 Å². The summed E-state index contributed by atoms with van der Waals surface area (Å²) in [5.74, 6) is -0.444. The van der Waals surface area contributed by atoms with E-state index in [1.807, 2.05) is 19.9 Å². The Labute approximate surface area is 227 Å². The molecule has 0 aromatic heterocycles. The van der Waals surface area contributed by atoms with Crippen molar-refractivity contribution in [3.8, 4) is 17.6 Å². The lowest BCUT2D eigenvalue weighted by Gasteiger charge is -2.23. The number of hydrogen-bond donors (Lipinski definition) is 2. The van der Waals surface area contributed by atoms with Crippen molar-refractivity contribution < 1.29 is 32.3 Å². The molecule has 1 saturated heterocycles. The number of nitriles is 1. The first-order valence-corrected chi connectivity index (χ1v) is 14.1. The molecule has 0 radical (unpaired) electrons. The van der Waals surface area contributed by atoms with Gasteiger partial charge >= 0.3 is 0 Å². The van der Waals surface area contributed by atoms with Crippen molar-refractivity contribution in [1.29, 1.82) is 5.26 Å². The third-order valence-electron chi connectivity index (χ3n) is 6.53. The Balaban J connectivity index is 1.44. The molecule has 39 heavy (non-hydrogen) atoms. The second kappa shape index (κ2) is 11.8. The molecule has 206 valence electrons. The van der Waals surface area contributed by atoms with E-state index < -0.39 is 46.2 Å². The third kappa shape index (κ3) is 6.38. The van der Waals surface area contributed by atoms with Gasteiger partial charge < -0.3 is 20.1 Å². The van der Waals surface area contributed by atoms with Crippen LogP contribution >= 0.6 is 0 Å². The molecule has 12 heteroatoms. The molecule has 2 atom stereocenters. The van der Waals surface area contributed by atoms with E-state index in [4.69, 9.17) is 9.47 Å². The van der Waals surface area contributed by atoms with Crippen molar-refractivity contribution in [2.24, 2.45) is 5.92 Å². The predicted molar refractivity (Wildman–Crippen MR) is 139 cm³/mol. The highest BCUT2D eigenvalue weighted by Gasteiger charge is 2.35. The number of Topliss-reactive ketones (excluding diaryl/α,β-unsaturated/α-hetero) is 1. The van der Waals surface area contributed by atoms with Gasteiger partial charge in [-0.25, -0.2) is 8.42 Å². The maximum atomic E-state index is 13.3. The first-order chi connectivity index (χ1) is 18.6. The maximum Gasteiger partial charge on any atom is 0.252 e. The van der Waals surface area contributed by atoms with Crippen LogP contribution in [0.3, 0.4) is 0 Å². The summed E-state index contributed by atoms with van der Waals surface area (Å²) >= 11 is 0. The summed E-state index contributed by atoms with van der Waals surface area (Å²) in [4.78, 5) is 39.1. The van der Waals surface area contributed by atoms with Gasteiger partial charge in [0.2, 0.25) is 22.7 Å². The smallest absolute Gasteiger partial charge is 0.252 e. The Hall–Kier alpha value is -3.95. The second-order valence-corrected chi connectivity index (χ2v) is 11.7. The van der Waals surface area contributed by atoms with E-state index in [0.717, 1.165) is 4.31 Å². The van der Waals surface area contributed by atoms with Gasteiger partial charge in [0.15, 0.2) is 17.3 Å². The lowest BCUT2D eigenvalue weighted by molar-refractivity contribution is -0.129. The Morgan fingerprint density at radius 2 is 1.90 bits per heavy atom. The summed E-state index contributed by atoms with van der Waals surface area (Å²) in [5, 5.41) is 14.8. The molecule has 2 N–H and O–H groups in total. The van der Waals surface area contributed by atoms with Crippen molar-refractivity contribution >= 4 is 27.6 Å². The minimum absolute atomic E-state index is 0.00576. The average molecular weight is 555 g/mol. The first-order valence-electron chi connectivity index (χ1n) is 12.6. The van der Waals surface area contributed by atoms with Gasteiger partial charge in [-0.2, -0.15) is 9.57 Å². The summed E-state index contributed by atoms with van der Waals surface area (Å²) < 4.78 is 38.1. The molecule has 0 spiro atoms. The van der Waals surface area contributed by atoms with Crippen molar-refractivity contribution in [3.05, 3.63) is 53.6 Å². The van der Waals surface area contributed by atoms with Crippen molar-refractivity contribution in [2.75, 3.05) is 19.9 Å². The maximum absolute atomic E-state index is 13.3. The Kier molecular flexibility index (Phi) is 8.52. The fraction of sp³-hybridized carbons (Fsp3) is 0.407. The Morgan fingerprint density at radius 3 is 2.64 bits per heavy atom. The van der Waals surface area contributed by atoms with E-state index in [1.165, 1.54) is 24.3 Å². The molecule has 2 aliphatic heterocycles. The minimum atomic E-state index is -4.09. The fourth-order valence-corrected chi connectivity index (χ4v) is 6.12. The SMILES string of the molecule is CC(C)C[C@H](NC(=O)c1ccc2c(c1)OCO2)C(=O)NC1CCCN(S(=O)(=O)c2ccccc2C#N)CC1=O. The van der Waals surface area contributed by atoms with E-state index in [-0.39, 0.29) is 36.1 Å². The highest BCUT2D eigenvalue weighted by atomic mass is 32.2. The molecule has 2 heterocycles. The number of nitrogens with one attached hydrogen (secondary N) is 2. The van der Waals surface area contributed by atoms with Gasteiger partial charge in [-0.15, -0.1) is 0 Å². The summed E-state index contributed by atoms with van der Waals surface area (Å²) in [7, 11) is -4.09. The highest BCUT2D eigenvalue weighted by molar-refractivity contribution is 7.89. The van der Waals surface area contributed by atoms with Crippen LogP contribution in [0.15, 0.2) is 47.4 Å². The molecule has 2 amide bonds. The lowest BCUT2D eigenvalue weighted by atomic mass is 10.0. The standard InChI is InChI=1S/C27H30N4O7S/c1-17(2)12-21(30-26(33)18-9-10-23-24(13-18)38-16-37-23)27(34)29-20-7-5-11-31(15-22(20)32)39(35,36)25-8-4-3-6-19(25)14-28/h3-4,6,8-10,13,17,20-21H,5,7,11-12,15-16H2,1-2H3,(H,29,34)(H,30,33)/t20?,21-/m0/s1. The van der Waals surface area contributed by atoms with Crippen LogP contribution in [0, 0.1) is 17.2 Å². The number of rotatable bonds is 8. The average Bonchev–Trinajstić information content (AvgIpc) is 3.30. The van der Waals surface area contributed by atoms with E-state index in [1.54, 1.807) is 18.2 Å². The third-order valence-corrected chi connectivity index (χ3v) is 8.43. The number of amides is 2. The monoisotopic (exact) mass is 554 g/mol. The molecular formula is C27H30N4O7S. The molecule has 11 nitrogen and oxygen atoms in total. The van der Waals surface area contributed by atoms with Gasteiger partial charge in [0.1, 0.15) is 12.1 Å². The number of nitrogens with zero attached hydrogens (tertiary/aromatic N) is 2. The fourth-order valence-electron chi connectivity index (χ4n) is 4.53. The molecule has 1 fully saturated rings. The van der Waals surface area contributed by atoms with Gasteiger partial charge in [-0.05, 0) is 55.5 Å². The van der Waals surface area contributed by atoms with Crippen LogP contribution in [-0.4, -0.2) is 62.3 Å². The van der Waals surface area contributed by atoms with Gasteiger partial charge in [0, 0.05) is 12.1 Å². The number of carbonyl (C=O) groups is 3. The number of sulfonamides is 1. The molecule has 4 rings (SSSR count). The van der Waals surface area contributed by atoms with Crippen LogP contribution in [0.1, 0.15) is 49.0 Å². The van der Waals surface area contributed by atoms with E-state index in [2.05, 4.69) is 10.6 Å². The second-order valence-electron chi connectivity index (χ2n) is 9.84. The zero-order chi connectivity index (χ0) is 28.2. The van der Waals surface area contributed by atoms with Crippen LogP contribution in [-0.2, 0) is 19.6 Å². The number of carbonyl (C=O) groups excluding carboxylic acids is 3. The molecule has 2 aromatic carbocycles. The van der Waals surface area contributed by atoms with Gasteiger partial charge in [0.25, 0.3) is 5.91 Å². The number of ether oxygens (including phenoxy) is 2. The summed E-state index contributed by atoms with van der Waals surface area (Å²) in [6.45, 7) is 3.51. The van der Waals surface area contributed by atoms with Crippen LogP contribution in [0.4, 0.5) is 0 Å². The number of benzene rings is 2. The molecule has 2 aliphatic rings. The van der Waals surface area contributed by atoms with Gasteiger partial charge in [-0.1, -0.05) is 26.0 Å². The number of hydrogen-bond acceptors (Lipinski definition) is 8. The normalized spacial score (nSPS) is 18.2. The highest BCUT2D eigenvalue weighted by Crippen LogP contribution is 2.32. The predicted octanol–water partition coefficient (Wildman–Crippen LogP) is 1.97. The van der Waals surface area contributed by atoms with Crippen molar-refractivity contribution in [3.63, 3.8) is 0 Å². The number of ketones is 1. The van der Waals surface area contributed by atoms with Crippen molar-refractivity contribution in [2.45, 2.75) is 50.1 Å². The largest absolute Gasteiger partial charge is 0.454 e. The summed E-state index contributed by atoms with van der Waals surface area (Å²) in [5.41, 5.74) is 0.290. The minimum Gasteiger partial charge on any atom is -0.454 e. The Bertz CT molecular complexity index is 1420. The topological polar surface area (TPSA) is 155 Å². The lowest BCUT2D eigenvalue weighted by Crippen LogP contribution is -2.52. The van der Waals surface area contributed by atoms with Crippen molar-refractivity contribution in [1.82, 2.24) is 14.9 Å². The molecule has 0 bridgehead atoms.